The number of allylic oxidation sites excluding steroid dienone is 6. The molecule has 0 spiro atoms. The minimum Gasteiger partial charge on any atom is -1.00 e. The average Bonchev–Trinajstić information content (AvgIpc) is 1.55. The van der Waals surface area contributed by atoms with E-state index in [2.05, 4.69) is 413 Å². The molecule has 0 amide bonds. The summed E-state index contributed by atoms with van der Waals surface area (Å²) in [6.45, 7) is 16.2. The fraction of sp³-hybridized carbons (Fsp3) is 0.168. The second-order valence-electron chi connectivity index (χ2n) is 34.9. The van der Waals surface area contributed by atoms with Crippen LogP contribution in [-0.2, 0) is 55.3 Å². The normalized spacial score (nSPS) is 20.7. The summed E-state index contributed by atoms with van der Waals surface area (Å²) in [5.41, 5.74) is 36.7. The van der Waals surface area contributed by atoms with Crippen molar-refractivity contribution in [3.63, 3.8) is 0 Å². The number of hydrogen-bond donors (Lipinski definition) is 0. The van der Waals surface area contributed by atoms with Crippen molar-refractivity contribution in [1.82, 2.24) is 0 Å². The molecule has 8 heteroatoms. The fourth-order valence-corrected chi connectivity index (χ4v) is 140. The second-order valence-corrected chi connectivity index (χ2v) is 134. The predicted molar refractivity (Wildman–Crippen MR) is 459 cm³/mol. The number of fused-ring (bicyclic) bond motifs is 15. The first-order valence-corrected chi connectivity index (χ1v) is 78.9. The summed E-state index contributed by atoms with van der Waals surface area (Å²) in [4.78, 5) is 0. The molecule has 0 N–H and O–H groups in total. The van der Waals surface area contributed by atoms with Crippen LogP contribution in [0.3, 0.4) is 0 Å². The molecule has 9 aliphatic carbocycles. The third kappa shape index (κ3) is 10.8. The molecule has 0 bridgehead atoms. The fourth-order valence-electron chi connectivity index (χ4n) is 24.6. The molecule has 0 radical (unpaired) electrons. The molecule has 21 rings (SSSR count). The van der Waals surface area contributed by atoms with Gasteiger partial charge in [-0.15, -0.1) is 0 Å². The van der Waals surface area contributed by atoms with Crippen LogP contribution < -0.4 is 24.8 Å². The predicted octanol–water partition coefficient (Wildman–Crippen LogP) is 20.5. The van der Waals surface area contributed by atoms with E-state index in [1.165, 1.54) is 66.8 Å². The molecule has 109 heavy (non-hydrogen) atoms. The largest absolute Gasteiger partial charge is 1.00 e. The van der Waals surface area contributed by atoms with Gasteiger partial charge in [-0.1, -0.05) is 0 Å². The van der Waals surface area contributed by atoms with Crippen molar-refractivity contribution in [2.75, 3.05) is 0 Å². The summed E-state index contributed by atoms with van der Waals surface area (Å²) in [6.07, 6.45) is 30.6. The zero-order valence-corrected chi connectivity index (χ0v) is 76.2. The van der Waals surface area contributed by atoms with Crippen LogP contribution in [-0.4, -0.2) is 17.8 Å². The first-order chi connectivity index (χ1) is 52.2. The van der Waals surface area contributed by atoms with Crippen LogP contribution in [0.1, 0.15) is 133 Å². The van der Waals surface area contributed by atoms with E-state index in [4.69, 9.17) is 0 Å². The minimum atomic E-state index is -4.64. The van der Waals surface area contributed by atoms with Gasteiger partial charge < -0.3 is 24.8 Å². The van der Waals surface area contributed by atoms with E-state index < -0.39 is 73.1 Å². The van der Waals surface area contributed by atoms with Crippen LogP contribution >= 0.6 is 0 Å². The number of hydrogen-bond acceptors (Lipinski definition) is 0. The molecular formula is C101H96Cl2Si3Zr3-2. The van der Waals surface area contributed by atoms with Crippen molar-refractivity contribution < 1.29 is 80.1 Å². The Hall–Kier alpha value is -7.04. The molecule has 0 heterocycles. The van der Waals surface area contributed by atoms with E-state index in [1.54, 1.807) is 66.8 Å². The average molecular weight is 1740 g/mol. The molecule has 0 fully saturated rings. The Labute approximate surface area is 668 Å². The molecule has 6 unspecified atom stereocenters. The quantitative estimate of drug-likeness (QED) is 0.107. The van der Waals surface area contributed by atoms with Gasteiger partial charge in [0, 0.05) is 0 Å². The Balaban J connectivity index is 0.000000118. The van der Waals surface area contributed by atoms with Crippen LogP contribution in [0.4, 0.5) is 0 Å². The van der Waals surface area contributed by atoms with Crippen LogP contribution in [0.5, 0.6) is 0 Å². The van der Waals surface area contributed by atoms with Gasteiger partial charge in [-0.25, -0.2) is 0 Å². The van der Waals surface area contributed by atoms with Crippen LogP contribution in [0, 0.1) is 0 Å². The van der Waals surface area contributed by atoms with E-state index in [0.29, 0.717) is 32.6 Å². The number of halogens is 2. The molecule has 9 aliphatic rings. The SMILES string of the molecule is C[SiH](C)[Zr]([CH3])([CH3])([CH]1C=Cc2ccccc21)([CH]1C=Cc2ccccc21)[CH]1c2ccccc2-c2ccccc21.C[SiH](C)[Zr]([CH]1C=Cc2ccccc21)([CH]1C=Cc2ccccc21)[CH]1c2ccccc2-c2ccccc21.C[SiH](C)[Zr]([CH]1C=Cc2ccccc21)([CH]1C=Cc2ccccc21)[CH]1c2ccccc2-c2ccccc21.[Cl-].[Cl-]. The summed E-state index contributed by atoms with van der Waals surface area (Å²) >= 11 is -11.1. The molecule has 12 aromatic carbocycles. The zero-order valence-electron chi connectivity index (χ0n) is 63.8. The van der Waals surface area contributed by atoms with Gasteiger partial charge in [-0.05, 0) is 0 Å². The molecule has 12 aromatic rings. The molecule has 0 aliphatic heterocycles. The van der Waals surface area contributed by atoms with Crippen molar-refractivity contribution in [3.05, 3.63) is 428 Å². The van der Waals surface area contributed by atoms with E-state index in [9.17, 15) is 0 Å². The maximum Gasteiger partial charge on any atom is -1.00 e. The first-order valence-electron chi connectivity index (χ1n) is 39.8. The summed E-state index contributed by atoms with van der Waals surface area (Å²) in [5.74, 6) is -3.56. The summed E-state index contributed by atoms with van der Waals surface area (Å²) in [5, 5.41) is 0. The van der Waals surface area contributed by atoms with Crippen molar-refractivity contribution >= 4 is 54.2 Å². The third-order valence-corrected chi connectivity index (χ3v) is 162. The third-order valence-electron chi connectivity index (χ3n) is 30.0. The summed E-state index contributed by atoms with van der Waals surface area (Å²) in [6, 6.07) is 112. The molecule has 540 valence electrons. The smallest absolute Gasteiger partial charge is 1.00 e. The monoisotopic (exact) mass is 1730 g/mol. The molecular weight excluding hydrogens is 1640 g/mol. The molecule has 0 saturated carbocycles. The van der Waals surface area contributed by atoms with Crippen molar-refractivity contribution in [2.24, 2.45) is 0 Å². The van der Waals surface area contributed by atoms with Gasteiger partial charge in [0.25, 0.3) is 0 Å². The Morgan fingerprint density at radius 1 is 0.229 bits per heavy atom. The Bertz CT molecular complexity index is 5260. The zero-order chi connectivity index (χ0) is 72.6. The summed E-state index contributed by atoms with van der Waals surface area (Å²) < 4.78 is 10.8. The standard InChI is InChI=1S/3C13H9.6C9H7.3C2H7Si.2CH3.2ClH.3Zr/c3*1-3-7-12-10(5-1)9-11-6-2-4-8-13(11)12;6*1-2-5-9-7-3-6-8(9)4-1;3*1-3-2;;;;;;;/h3*1-9H;6*1-7H;3*3H,1-2H3;2*1H3;2*1H;;;/p-2. The molecule has 0 nitrogen and oxygen atoms in total. The topological polar surface area (TPSA) is 0 Å². The summed E-state index contributed by atoms with van der Waals surface area (Å²) in [7, 11) is 0. The van der Waals surface area contributed by atoms with Crippen molar-refractivity contribution in [1.29, 1.82) is 0 Å². The van der Waals surface area contributed by atoms with Crippen LogP contribution in [0.25, 0.3) is 69.8 Å². The van der Waals surface area contributed by atoms with Crippen molar-refractivity contribution in [3.8, 4) is 33.4 Å². The van der Waals surface area contributed by atoms with Gasteiger partial charge in [0.1, 0.15) is 0 Å². The van der Waals surface area contributed by atoms with Crippen LogP contribution in [0.2, 0.25) is 48.5 Å². The molecule has 0 saturated heterocycles. The maximum absolute atomic E-state index is 4.64. The number of rotatable bonds is 12. The van der Waals surface area contributed by atoms with E-state index >= 15 is 0 Å². The van der Waals surface area contributed by atoms with Gasteiger partial charge in [0.05, 0.1) is 0 Å². The molecule has 0 aromatic heterocycles. The van der Waals surface area contributed by atoms with Gasteiger partial charge in [-0.2, -0.15) is 0 Å². The van der Waals surface area contributed by atoms with E-state index in [1.807, 2.05) is 0 Å². The van der Waals surface area contributed by atoms with Gasteiger partial charge in [-0.3, -0.25) is 0 Å². The van der Waals surface area contributed by atoms with E-state index in [-0.39, 0.29) is 24.8 Å². The second kappa shape index (κ2) is 28.6. The Kier molecular flexibility index (Phi) is 19.6. The van der Waals surface area contributed by atoms with Gasteiger partial charge in [0.15, 0.2) is 0 Å². The van der Waals surface area contributed by atoms with Crippen molar-refractivity contribution in [2.45, 2.75) is 81.2 Å². The minimum absolute atomic E-state index is 0. The Morgan fingerprint density at radius 3 is 0.670 bits per heavy atom. The van der Waals surface area contributed by atoms with Gasteiger partial charge in [0.2, 0.25) is 0 Å². The number of benzene rings is 12. The maximum atomic E-state index is 2.93. The Morgan fingerprint density at radius 2 is 0.422 bits per heavy atom. The van der Waals surface area contributed by atoms with E-state index in [0.717, 1.165) is 0 Å². The van der Waals surface area contributed by atoms with Crippen LogP contribution in [0.15, 0.2) is 328 Å². The molecule has 6 atom stereocenters. The van der Waals surface area contributed by atoms with Gasteiger partial charge >= 0.3 is 652 Å². The first kappa shape index (κ1) is 74.7.